The largest absolute Gasteiger partial charge is 0.355 e. The van der Waals surface area contributed by atoms with Crippen LogP contribution >= 0.6 is 23.2 Å². The summed E-state index contributed by atoms with van der Waals surface area (Å²) in [5.41, 5.74) is 1.72. The average molecular weight is 472 g/mol. The molecule has 1 aliphatic heterocycles. The molecular formula is C23H23Cl2N5O2. The van der Waals surface area contributed by atoms with Gasteiger partial charge in [0.25, 0.3) is 0 Å². The lowest BCUT2D eigenvalue weighted by Gasteiger charge is -2.35. The second-order valence-electron chi connectivity index (χ2n) is 7.58. The van der Waals surface area contributed by atoms with Crippen LogP contribution in [0.5, 0.6) is 0 Å². The van der Waals surface area contributed by atoms with Crippen LogP contribution < -0.4 is 10.6 Å². The number of hydrogen-bond donors (Lipinski definition) is 0. The molecule has 3 aromatic rings. The molecule has 2 aromatic heterocycles. The second kappa shape index (κ2) is 9.30. The molecule has 0 spiro atoms. The summed E-state index contributed by atoms with van der Waals surface area (Å²) in [5, 5.41) is 1.04. The summed E-state index contributed by atoms with van der Waals surface area (Å²) in [6, 6.07) is 9.42. The number of hydrogen-bond acceptors (Lipinski definition) is 5. The van der Waals surface area contributed by atoms with Gasteiger partial charge in [-0.3, -0.25) is 4.79 Å². The Labute approximate surface area is 195 Å². The number of fused-ring (bicyclic) bond motifs is 1. The first-order valence-electron chi connectivity index (χ1n) is 10.5. The summed E-state index contributed by atoms with van der Waals surface area (Å²) in [4.78, 5) is 37.8. The molecule has 0 saturated carbocycles. The van der Waals surface area contributed by atoms with Gasteiger partial charge in [-0.25, -0.2) is 14.3 Å². The first-order valence-corrected chi connectivity index (χ1v) is 11.2. The van der Waals surface area contributed by atoms with Gasteiger partial charge in [-0.2, -0.15) is 4.98 Å². The zero-order valence-corrected chi connectivity index (χ0v) is 19.2. The third-order valence-corrected chi connectivity index (χ3v) is 6.25. The van der Waals surface area contributed by atoms with E-state index < -0.39 is 5.69 Å². The number of para-hydroxylation sites is 1. The minimum Gasteiger partial charge on any atom is -0.352 e. The Morgan fingerprint density at radius 3 is 2.56 bits per heavy atom. The number of aryl methyl sites for hydroxylation is 1. The standard InChI is InChI=1S/C23H23Cl2N5O2/c1-3-7-15-8-5-6-9-18(15)30-22-16(14-17(24)20(25)26-22)21(27-23(30)32)29-12-10-28(11-13-29)19(31)4-2/h4-6,8-9,14H,2-3,7,10-13H2,1H3. The van der Waals surface area contributed by atoms with E-state index >= 15 is 0 Å². The van der Waals surface area contributed by atoms with Crippen LogP contribution in [-0.2, 0) is 11.2 Å². The van der Waals surface area contributed by atoms with Crippen LogP contribution in [0.3, 0.4) is 0 Å². The molecule has 0 N–H and O–H groups in total. The third-order valence-electron chi connectivity index (χ3n) is 5.58. The minimum atomic E-state index is -0.438. The predicted octanol–water partition coefficient (Wildman–Crippen LogP) is 3.87. The molecule has 9 heteroatoms. The SMILES string of the molecule is C=CC(=O)N1CCN(c2nc(=O)n(-c3ccccc3CCC)c3nc(Cl)c(Cl)cc23)CC1. The van der Waals surface area contributed by atoms with Gasteiger partial charge in [0.2, 0.25) is 5.91 Å². The second-order valence-corrected chi connectivity index (χ2v) is 8.35. The van der Waals surface area contributed by atoms with Crippen LogP contribution in [0, 0.1) is 0 Å². The molecule has 1 fully saturated rings. The minimum absolute atomic E-state index is 0.109. The van der Waals surface area contributed by atoms with Gasteiger partial charge in [-0.1, -0.05) is 61.3 Å². The molecule has 1 amide bonds. The fourth-order valence-corrected chi connectivity index (χ4v) is 4.31. The van der Waals surface area contributed by atoms with Gasteiger partial charge in [0, 0.05) is 26.2 Å². The first-order chi connectivity index (χ1) is 15.4. The monoisotopic (exact) mass is 471 g/mol. The summed E-state index contributed by atoms with van der Waals surface area (Å²) in [5.74, 6) is 0.382. The predicted molar refractivity (Wildman–Crippen MR) is 128 cm³/mol. The molecule has 0 atom stereocenters. The maximum atomic E-state index is 13.3. The highest BCUT2D eigenvalue weighted by Gasteiger charge is 2.25. The van der Waals surface area contributed by atoms with Gasteiger partial charge in [0.05, 0.1) is 16.1 Å². The van der Waals surface area contributed by atoms with E-state index in [-0.39, 0.29) is 16.1 Å². The van der Waals surface area contributed by atoms with Crippen LogP contribution in [0.2, 0.25) is 10.2 Å². The van der Waals surface area contributed by atoms with Crippen LogP contribution in [0.4, 0.5) is 5.82 Å². The van der Waals surface area contributed by atoms with Crippen molar-refractivity contribution in [3.05, 3.63) is 69.2 Å². The summed E-state index contributed by atoms with van der Waals surface area (Å²) < 4.78 is 1.50. The van der Waals surface area contributed by atoms with Gasteiger partial charge >= 0.3 is 5.69 Å². The van der Waals surface area contributed by atoms with E-state index in [1.807, 2.05) is 29.2 Å². The Kier molecular flexibility index (Phi) is 6.48. The van der Waals surface area contributed by atoms with E-state index in [4.69, 9.17) is 23.2 Å². The fraction of sp³-hybridized carbons (Fsp3) is 0.304. The van der Waals surface area contributed by atoms with Crippen LogP contribution in [-0.4, -0.2) is 51.5 Å². The quantitative estimate of drug-likeness (QED) is 0.417. The molecule has 0 bridgehead atoms. The van der Waals surface area contributed by atoms with Crippen molar-refractivity contribution in [1.82, 2.24) is 19.4 Å². The molecule has 32 heavy (non-hydrogen) atoms. The van der Waals surface area contributed by atoms with E-state index in [2.05, 4.69) is 23.5 Å². The molecule has 1 aliphatic rings. The molecule has 1 aromatic carbocycles. The molecule has 0 aliphatic carbocycles. The number of rotatable bonds is 5. The van der Waals surface area contributed by atoms with Gasteiger partial charge < -0.3 is 9.80 Å². The van der Waals surface area contributed by atoms with Crippen molar-refractivity contribution >= 4 is 46.0 Å². The molecule has 166 valence electrons. The Balaban J connectivity index is 1.87. The number of carbonyl (C=O) groups is 1. The normalized spacial score (nSPS) is 14.1. The number of carbonyl (C=O) groups excluding carboxylic acids is 1. The van der Waals surface area contributed by atoms with Crippen LogP contribution in [0.15, 0.2) is 47.8 Å². The Morgan fingerprint density at radius 2 is 1.88 bits per heavy atom. The lowest BCUT2D eigenvalue weighted by molar-refractivity contribution is -0.126. The highest BCUT2D eigenvalue weighted by Crippen LogP contribution is 2.31. The number of nitrogens with zero attached hydrogens (tertiary/aromatic N) is 5. The lowest BCUT2D eigenvalue weighted by atomic mass is 10.1. The van der Waals surface area contributed by atoms with Crippen molar-refractivity contribution in [2.75, 3.05) is 31.1 Å². The smallest absolute Gasteiger partial charge is 0.352 e. The Bertz CT molecular complexity index is 1250. The highest BCUT2D eigenvalue weighted by atomic mass is 35.5. The van der Waals surface area contributed by atoms with Crippen molar-refractivity contribution in [2.45, 2.75) is 19.8 Å². The number of aromatic nitrogens is 3. The number of pyridine rings is 1. The molecule has 0 unspecified atom stereocenters. The zero-order chi connectivity index (χ0) is 22.8. The number of amides is 1. The summed E-state index contributed by atoms with van der Waals surface area (Å²) >= 11 is 12.6. The highest BCUT2D eigenvalue weighted by molar-refractivity contribution is 6.41. The average Bonchev–Trinajstić information content (AvgIpc) is 2.80. The van der Waals surface area contributed by atoms with E-state index in [1.165, 1.54) is 10.6 Å². The van der Waals surface area contributed by atoms with Gasteiger partial charge in [-0.05, 0) is 30.2 Å². The van der Waals surface area contributed by atoms with Gasteiger partial charge in [0.1, 0.15) is 11.0 Å². The van der Waals surface area contributed by atoms with Crippen molar-refractivity contribution in [3.63, 3.8) is 0 Å². The number of halogens is 2. The molecular weight excluding hydrogens is 449 g/mol. The van der Waals surface area contributed by atoms with E-state index in [0.717, 1.165) is 24.1 Å². The number of piperazine rings is 1. The van der Waals surface area contributed by atoms with Crippen molar-refractivity contribution in [3.8, 4) is 5.69 Å². The van der Waals surface area contributed by atoms with Gasteiger partial charge in [0.15, 0.2) is 5.65 Å². The summed E-state index contributed by atoms with van der Waals surface area (Å²) in [6.07, 6.45) is 3.05. The van der Waals surface area contributed by atoms with E-state index in [1.54, 1.807) is 11.0 Å². The van der Waals surface area contributed by atoms with Crippen LogP contribution in [0.25, 0.3) is 16.7 Å². The number of benzene rings is 1. The Hall–Kier alpha value is -2.90. The molecule has 1 saturated heterocycles. The molecule has 0 radical (unpaired) electrons. The number of anilines is 1. The molecule has 3 heterocycles. The van der Waals surface area contributed by atoms with Gasteiger partial charge in [-0.15, -0.1) is 0 Å². The molecule has 7 nitrogen and oxygen atoms in total. The van der Waals surface area contributed by atoms with Crippen molar-refractivity contribution < 1.29 is 4.79 Å². The first kappa shape index (κ1) is 22.3. The van der Waals surface area contributed by atoms with Crippen molar-refractivity contribution in [1.29, 1.82) is 0 Å². The maximum Gasteiger partial charge on any atom is 0.355 e. The van der Waals surface area contributed by atoms with Crippen LogP contribution in [0.1, 0.15) is 18.9 Å². The van der Waals surface area contributed by atoms with Crippen molar-refractivity contribution in [2.24, 2.45) is 0 Å². The van der Waals surface area contributed by atoms with E-state index in [9.17, 15) is 9.59 Å². The zero-order valence-electron chi connectivity index (χ0n) is 17.7. The topological polar surface area (TPSA) is 71.3 Å². The maximum absolute atomic E-state index is 13.3. The Morgan fingerprint density at radius 1 is 1.16 bits per heavy atom. The van der Waals surface area contributed by atoms with E-state index in [0.29, 0.717) is 43.0 Å². The lowest BCUT2D eigenvalue weighted by Crippen LogP contribution is -2.49. The molecule has 4 rings (SSSR count). The third kappa shape index (κ3) is 4.10. The fourth-order valence-electron chi connectivity index (χ4n) is 4.02. The summed E-state index contributed by atoms with van der Waals surface area (Å²) in [6.45, 7) is 7.69. The summed E-state index contributed by atoms with van der Waals surface area (Å²) in [7, 11) is 0.